The molecule has 2 N–H and O–H groups in total. The standard InChI is InChI=1S/C25H22N2O2/c28-24-14-8-19(9-15-24)6-12-21-18-23(13-7-20-10-16-25(29)17-11-20)27(26-21)22-4-2-1-3-5-22/h1-17,23,28-29H,18H2/b12-6+,13-7+. The lowest BCUT2D eigenvalue weighted by Crippen LogP contribution is -2.23. The summed E-state index contributed by atoms with van der Waals surface area (Å²) in [4.78, 5) is 0. The van der Waals surface area contributed by atoms with Crippen molar-refractivity contribution in [1.82, 2.24) is 0 Å². The van der Waals surface area contributed by atoms with Crippen molar-refractivity contribution in [3.05, 3.63) is 102 Å². The highest BCUT2D eigenvalue weighted by Gasteiger charge is 2.24. The van der Waals surface area contributed by atoms with Gasteiger partial charge in [0.25, 0.3) is 0 Å². The lowest BCUT2D eigenvalue weighted by molar-refractivity contribution is 0.474. The molecule has 4 nitrogen and oxygen atoms in total. The summed E-state index contributed by atoms with van der Waals surface area (Å²) in [6.07, 6.45) is 9.02. The summed E-state index contributed by atoms with van der Waals surface area (Å²) >= 11 is 0. The molecule has 144 valence electrons. The molecular weight excluding hydrogens is 360 g/mol. The van der Waals surface area contributed by atoms with Gasteiger partial charge in [0.05, 0.1) is 17.4 Å². The van der Waals surface area contributed by atoms with Crippen LogP contribution in [0.2, 0.25) is 0 Å². The SMILES string of the molecule is Oc1ccc(/C=C/C2=NN(c3ccccc3)C(/C=C/c3ccc(O)cc3)C2)cc1. The smallest absolute Gasteiger partial charge is 0.115 e. The van der Waals surface area contributed by atoms with Crippen molar-refractivity contribution in [2.45, 2.75) is 12.5 Å². The third kappa shape index (κ3) is 4.74. The first-order chi connectivity index (χ1) is 14.2. The predicted molar refractivity (Wildman–Crippen MR) is 119 cm³/mol. The predicted octanol–water partition coefficient (Wildman–Crippen LogP) is 5.46. The summed E-state index contributed by atoms with van der Waals surface area (Å²) in [7, 11) is 0. The summed E-state index contributed by atoms with van der Waals surface area (Å²) in [6, 6.07) is 24.5. The van der Waals surface area contributed by atoms with Gasteiger partial charge in [-0.25, -0.2) is 0 Å². The van der Waals surface area contributed by atoms with E-state index in [1.165, 1.54) is 0 Å². The second-order valence-electron chi connectivity index (χ2n) is 6.92. The Morgan fingerprint density at radius 1 is 0.724 bits per heavy atom. The van der Waals surface area contributed by atoms with Gasteiger partial charge in [0.1, 0.15) is 11.5 Å². The molecular formula is C25H22N2O2. The van der Waals surface area contributed by atoms with E-state index in [1.54, 1.807) is 24.3 Å². The Bertz CT molecular complexity index is 1040. The van der Waals surface area contributed by atoms with E-state index in [0.29, 0.717) is 0 Å². The van der Waals surface area contributed by atoms with Crippen LogP contribution in [0, 0.1) is 0 Å². The zero-order chi connectivity index (χ0) is 20.1. The molecule has 0 fully saturated rings. The van der Waals surface area contributed by atoms with E-state index in [-0.39, 0.29) is 17.5 Å². The van der Waals surface area contributed by atoms with E-state index in [2.05, 4.69) is 24.3 Å². The van der Waals surface area contributed by atoms with Gasteiger partial charge in [-0.1, -0.05) is 60.7 Å². The summed E-state index contributed by atoms with van der Waals surface area (Å²) in [6.45, 7) is 0. The van der Waals surface area contributed by atoms with Gasteiger partial charge in [-0.05, 0) is 53.6 Å². The quantitative estimate of drug-likeness (QED) is 0.616. The van der Waals surface area contributed by atoms with Gasteiger partial charge in [-0.2, -0.15) is 5.10 Å². The highest BCUT2D eigenvalue weighted by Crippen LogP contribution is 2.26. The fraction of sp³-hybridized carbons (Fsp3) is 0.0800. The normalized spacial score (nSPS) is 16.6. The number of hydrogen-bond acceptors (Lipinski definition) is 4. The monoisotopic (exact) mass is 382 g/mol. The van der Waals surface area contributed by atoms with Crippen LogP contribution in [-0.2, 0) is 0 Å². The molecule has 0 saturated heterocycles. The number of benzene rings is 3. The maximum Gasteiger partial charge on any atom is 0.115 e. The van der Waals surface area contributed by atoms with Crippen LogP contribution in [0.4, 0.5) is 5.69 Å². The van der Waals surface area contributed by atoms with Gasteiger partial charge in [0.15, 0.2) is 0 Å². The van der Waals surface area contributed by atoms with Crippen LogP contribution < -0.4 is 5.01 Å². The maximum absolute atomic E-state index is 9.46. The van der Waals surface area contributed by atoms with Crippen molar-refractivity contribution in [2.24, 2.45) is 5.10 Å². The molecule has 0 saturated carbocycles. The number of rotatable bonds is 5. The third-order valence-electron chi connectivity index (χ3n) is 4.75. The summed E-state index contributed by atoms with van der Waals surface area (Å²) in [5.74, 6) is 0.522. The molecule has 0 radical (unpaired) electrons. The van der Waals surface area contributed by atoms with E-state index >= 15 is 0 Å². The zero-order valence-electron chi connectivity index (χ0n) is 15.9. The lowest BCUT2D eigenvalue weighted by atomic mass is 10.1. The zero-order valence-corrected chi connectivity index (χ0v) is 15.9. The molecule has 3 aromatic carbocycles. The molecule has 0 spiro atoms. The van der Waals surface area contributed by atoms with E-state index in [9.17, 15) is 10.2 Å². The van der Waals surface area contributed by atoms with E-state index in [1.807, 2.05) is 59.6 Å². The van der Waals surface area contributed by atoms with Crippen molar-refractivity contribution in [3.63, 3.8) is 0 Å². The number of phenolic OH excluding ortho intramolecular Hbond substituents is 2. The van der Waals surface area contributed by atoms with Crippen LogP contribution in [-0.4, -0.2) is 22.0 Å². The highest BCUT2D eigenvalue weighted by molar-refractivity contribution is 6.01. The molecule has 1 atom stereocenters. The van der Waals surface area contributed by atoms with Crippen LogP contribution in [0.25, 0.3) is 12.2 Å². The van der Waals surface area contributed by atoms with E-state index in [0.717, 1.165) is 28.9 Å². The minimum atomic E-state index is 0.102. The maximum atomic E-state index is 9.46. The van der Waals surface area contributed by atoms with Crippen molar-refractivity contribution >= 4 is 23.6 Å². The minimum absolute atomic E-state index is 0.102. The Balaban J connectivity index is 1.56. The van der Waals surface area contributed by atoms with Crippen LogP contribution in [0.15, 0.2) is 96.1 Å². The summed E-state index contributed by atoms with van der Waals surface area (Å²) in [5.41, 5.74) is 4.08. The van der Waals surface area contributed by atoms with Crippen molar-refractivity contribution in [1.29, 1.82) is 0 Å². The number of allylic oxidation sites excluding steroid dienone is 1. The Morgan fingerprint density at radius 3 is 1.93 bits per heavy atom. The molecule has 1 aliphatic heterocycles. The van der Waals surface area contributed by atoms with Crippen LogP contribution in [0.3, 0.4) is 0 Å². The first-order valence-electron chi connectivity index (χ1n) is 9.53. The molecule has 1 aliphatic rings. The number of para-hydroxylation sites is 1. The van der Waals surface area contributed by atoms with Crippen LogP contribution in [0.5, 0.6) is 11.5 Å². The van der Waals surface area contributed by atoms with Gasteiger partial charge in [0.2, 0.25) is 0 Å². The molecule has 3 aromatic rings. The summed E-state index contributed by atoms with van der Waals surface area (Å²) in [5, 5.41) is 25.7. The minimum Gasteiger partial charge on any atom is -0.508 e. The molecule has 0 aliphatic carbocycles. The molecule has 29 heavy (non-hydrogen) atoms. The second-order valence-corrected chi connectivity index (χ2v) is 6.92. The first kappa shape index (κ1) is 18.6. The van der Waals surface area contributed by atoms with E-state index in [4.69, 9.17) is 5.10 Å². The van der Waals surface area contributed by atoms with Crippen molar-refractivity contribution in [2.75, 3.05) is 5.01 Å². The van der Waals surface area contributed by atoms with Gasteiger partial charge in [0, 0.05) is 6.42 Å². The Labute approximate surface area is 170 Å². The molecule has 0 aromatic heterocycles. The lowest BCUT2D eigenvalue weighted by Gasteiger charge is -2.20. The van der Waals surface area contributed by atoms with E-state index < -0.39 is 0 Å². The number of phenols is 2. The molecule has 4 heteroatoms. The molecule has 0 bridgehead atoms. The first-order valence-corrected chi connectivity index (χ1v) is 9.53. The fourth-order valence-corrected chi connectivity index (χ4v) is 3.22. The number of anilines is 1. The average Bonchev–Trinajstić information content (AvgIpc) is 3.17. The topological polar surface area (TPSA) is 56.1 Å². The Kier molecular flexibility index (Phi) is 5.43. The van der Waals surface area contributed by atoms with Crippen LogP contribution in [0.1, 0.15) is 17.5 Å². The number of hydrazone groups is 1. The van der Waals surface area contributed by atoms with Crippen LogP contribution >= 0.6 is 0 Å². The highest BCUT2D eigenvalue weighted by atomic mass is 16.3. The Hall–Kier alpha value is -3.79. The molecule has 4 rings (SSSR count). The number of aromatic hydroxyl groups is 2. The van der Waals surface area contributed by atoms with Gasteiger partial charge in [-0.15, -0.1) is 0 Å². The fourth-order valence-electron chi connectivity index (χ4n) is 3.22. The number of nitrogens with zero attached hydrogens (tertiary/aromatic N) is 2. The van der Waals surface area contributed by atoms with Gasteiger partial charge >= 0.3 is 0 Å². The average molecular weight is 382 g/mol. The number of hydrogen-bond donors (Lipinski definition) is 2. The molecule has 1 unspecified atom stereocenters. The largest absolute Gasteiger partial charge is 0.508 e. The molecule has 0 amide bonds. The second kappa shape index (κ2) is 8.48. The third-order valence-corrected chi connectivity index (χ3v) is 4.75. The van der Waals surface area contributed by atoms with Gasteiger partial charge in [-0.3, -0.25) is 5.01 Å². The van der Waals surface area contributed by atoms with Crippen molar-refractivity contribution in [3.8, 4) is 11.5 Å². The van der Waals surface area contributed by atoms with Gasteiger partial charge < -0.3 is 10.2 Å². The summed E-state index contributed by atoms with van der Waals surface area (Å²) < 4.78 is 0. The molecule has 1 heterocycles. The van der Waals surface area contributed by atoms with Crippen molar-refractivity contribution < 1.29 is 10.2 Å². The Morgan fingerprint density at radius 2 is 1.31 bits per heavy atom.